The highest BCUT2D eigenvalue weighted by Gasteiger charge is 2.31. The Kier molecular flexibility index (Phi) is 12.4. The number of fused-ring (bicyclic) bond motifs is 1. The van der Waals surface area contributed by atoms with Gasteiger partial charge in [-0.2, -0.15) is 0 Å². The highest BCUT2D eigenvalue weighted by atomic mass is 35.5. The highest BCUT2D eigenvalue weighted by molar-refractivity contribution is 7.90. The third-order valence-corrected chi connectivity index (χ3v) is 13.7. The molecule has 0 bridgehead atoms. The molecule has 5 aromatic rings. The van der Waals surface area contributed by atoms with Crippen LogP contribution in [-0.2, 0) is 10.0 Å². The number of H-pyrrole nitrogens is 1. The Hall–Kier alpha value is -5.02. The number of likely N-dealkylation sites (tertiary alicyclic amines) is 1. The summed E-state index contributed by atoms with van der Waals surface area (Å²) in [5.74, 6) is -0.235. The monoisotopic (exact) mass is 871 g/mol. The van der Waals surface area contributed by atoms with Gasteiger partial charge in [0.05, 0.1) is 28.8 Å². The van der Waals surface area contributed by atoms with Gasteiger partial charge in [-0.1, -0.05) is 49.2 Å². The van der Waals surface area contributed by atoms with Crippen molar-refractivity contribution < 1.29 is 26.7 Å². The van der Waals surface area contributed by atoms with Gasteiger partial charge in [0.2, 0.25) is 0 Å². The zero-order valence-corrected chi connectivity index (χ0v) is 36.3. The molecule has 4 aromatic carbocycles. The van der Waals surface area contributed by atoms with E-state index in [0.717, 1.165) is 68.2 Å². The van der Waals surface area contributed by atoms with E-state index in [9.17, 15) is 22.0 Å². The number of amides is 1. The molecular formula is C46H52ClF2N7O4S. The lowest BCUT2D eigenvalue weighted by Gasteiger charge is -2.39. The predicted octanol–water partition coefficient (Wildman–Crippen LogP) is 8.97. The molecule has 3 N–H and O–H groups in total. The van der Waals surface area contributed by atoms with Crippen LogP contribution in [-0.4, -0.2) is 98.9 Å². The number of imidazole rings is 1. The van der Waals surface area contributed by atoms with Gasteiger partial charge in [-0.3, -0.25) is 14.6 Å². The first-order valence-electron chi connectivity index (χ1n) is 20.8. The van der Waals surface area contributed by atoms with E-state index in [1.165, 1.54) is 28.8 Å². The summed E-state index contributed by atoms with van der Waals surface area (Å²) in [6.07, 6.45) is 3.09. The molecule has 1 atom stereocenters. The summed E-state index contributed by atoms with van der Waals surface area (Å²) in [6, 6.07) is 23.4. The first kappa shape index (κ1) is 42.7. The van der Waals surface area contributed by atoms with E-state index < -0.39 is 22.4 Å². The summed E-state index contributed by atoms with van der Waals surface area (Å²) in [6.45, 7) is 11.3. The molecular weight excluding hydrogens is 820 g/mol. The fourth-order valence-electron chi connectivity index (χ4n) is 8.75. The fraction of sp³-hybridized carbons (Fsp3) is 0.391. The Morgan fingerprint density at radius 2 is 1.77 bits per heavy atom. The van der Waals surface area contributed by atoms with Crippen LogP contribution in [0.4, 0.5) is 20.2 Å². The van der Waals surface area contributed by atoms with E-state index in [2.05, 4.69) is 55.8 Å². The van der Waals surface area contributed by atoms with Gasteiger partial charge in [-0.15, -0.1) is 0 Å². The van der Waals surface area contributed by atoms with Gasteiger partial charge in [0.1, 0.15) is 11.3 Å². The third-order valence-electron chi connectivity index (χ3n) is 12.1. The highest BCUT2D eigenvalue weighted by Crippen LogP contribution is 2.43. The van der Waals surface area contributed by atoms with E-state index in [1.807, 2.05) is 30.3 Å². The lowest BCUT2D eigenvalue weighted by Crippen LogP contribution is -2.47. The largest absolute Gasteiger partial charge is 0.454 e. The van der Waals surface area contributed by atoms with Crippen LogP contribution in [0.15, 0.2) is 95.7 Å². The minimum atomic E-state index is -4.31. The van der Waals surface area contributed by atoms with Crippen LogP contribution in [0.25, 0.3) is 16.6 Å². The fourth-order valence-corrected chi connectivity index (χ4v) is 9.93. The molecule has 0 unspecified atom stereocenters. The lowest BCUT2D eigenvalue weighted by molar-refractivity contribution is 0.0976. The molecule has 0 spiro atoms. The number of aromatic nitrogens is 2. The number of rotatable bonds is 13. The standard InChI is InChI=1S/C46H52ClF2N7O4S/c1-30-23-36(12-14-39(30)52-34-16-18-55(27-34)28-43(48)49)61(58,59)53-45(57)37-13-11-35(24-42(37)60-41-6-4-5-40-44(41)51-29-50-40)56-21-19-54(20-22-56)26-32-15-17-46(2,3)25-38(32)31-7-9-33(47)10-8-31/h4-14,23-24,29,34,43,52H,15-22,25-28H2,1-3H3,(H,50,51)(H,53,57)/t34-/m1/s1. The number of ether oxygens (including phenoxy) is 1. The van der Waals surface area contributed by atoms with Gasteiger partial charge >= 0.3 is 0 Å². The molecule has 322 valence electrons. The third kappa shape index (κ3) is 10.0. The van der Waals surface area contributed by atoms with Crippen molar-refractivity contribution in [1.82, 2.24) is 24.5 Å². The Morgan fingerprint density at radius 3 is 2.52 bits per heavy atom. The number of nitrogens with one attached hydrogen (secondary N) is 3. The summed E-state index contributed by atoms with van der Waals surface area (Å²) in [5, 5.41) is 4.09. The molecule has 2 saturated heterocycles. The minimum Gasteiger partial charge on any atom is -0.454 e. The summed E-state index contributed by atoms with van der Waals surface area (Å²) in [7, 11) is -4.31. The summed E-state index contributed by atoms with van der Waals surface area (Å²) < 4.78 is 61.9. The van der Waals surface area contributed by atoms with Gasteiger partial charge in [0.15, 0.2) is 5.75 Å². The molecule has 11 nitrogen and oxygen atoms in total. The smallest absolute Gasteiger partial charge is 0.268 e. The topological polar surface area (TPSA) is 123 Å². The van der Waals surface area contributed by atoms with Gasteiger partial charge in [0, 0.05) is 74.3 Å². The van der Waals surface area contributed by atoms with Crippen LogP contribution in [0.2, 0.25) is 5.02 Å². The predicted molar refractivity (Wildman–Crippen MR) is 238 cm³/mol. The number of alkyl halides is 2. The number of para-hydroxylation sites is 1. The van der Waals surface area contributed by atoms with Crippen LogP contribution >= 0.6 is 11.6 Å². The van der Waals surface area contributed by atoms with E-state index in [0.29, 0.717) is 42.0 Å². The molecule has 1 aromatic heterocycles. The van der Waals surface area contributed by atoms with Crippen molar-refractivity contribution in [2.24, 2.45) is 5.41 Å². The number of nitrogens with zero attached hydrogens (tertiary/aromatic N) is 4. The number of sulfonamides is 1. The van der Waals surface area contributed by atoms with Gasteiger partial charge < -0.3 is 19.9 Å². The number of hydrogen-bond donors (Lipinski definition) is 3. The number of piperazine rings is 1. The summed E-state index contributed by atoms with van der Waals surface area (Å²) in [4.78, 5) is 27.8. The maximum absolute atomic E-state index is 14.0. The van der Waals surface area contributed by atoms with Gasteiger partial charge in [0.25, 0.3) is 22.4 Å². The normalized spacial score (nSPS) is 18.9. The number of allylic oxidation sites excluding steroid dienone is 1. The SMILES string of the molecule is Cc1cc(S(=O)(=O)NC(=O)c2ccc(N3CCN(CC4=C(c5ccc(Cl)cc5)CC(C)(C)CC4)CC3)cc2Oc2cccc3[nH]cnc23)ccc1N[C@@H]1CCN(CC(F)F)C1. The number of carbonyl (C=O) groups excluding carboxylic acids is 1. The van der Waals surface area contributed by atoms with Crippen molar-refractivity contribution in [3.63, 3.8) is 0 Å². The van der Waals surface area contributed by atoms with Crippen LogP contribution < -0.4 is 19.7 Å². The molecule has 2 aliphatic heterocycles. The Morgan fingerprint density at radius 1 is 0.984 bits per heavy atom. The Bertz CT molecular complexity index is 2540. The van der Waals surface area contributed by atoms with Crippen molar-refractivity contribution in [3.8, 4) is 11.5 Å². The van der Waals surface area contributed by atoms with Crippen LogP contribution in [0.3, 0.4) is 0 Å². The number of carbonyl (C=O) groups is 1. The second-order valence-electron chi connectivity index (χ2n) is 17.2. The molecule has 3 aliphatic rings. The van der Waals surface area contributed by atoms with Crippen molar-refractivity contribution in [2.75, 3.05) is 62.6 Å². The number of anilines is 2. The Labute approximate surface area is 361 Å². The molecule has 1 aliphatic carbocycles. The number of aromatic amines is 1. The average Bonchev–Trinajstić information content (AvgIpc) is 3.89. The zero-order chi connectivity index (χ0) is 42.9. The molecule has 0 saturated carbocycles. The van der Waals surface area contributed by atoms with E-state index in [1.54, 1.807) is 42.4 Å². The van der Waals surface area contributed by atoms with Gasteiger partial charge in [-0.05, 0) is 109 Å². The molecule has 1 amide bonds. The second kappa shape index (κ2) is 17.8. The van der Waals surface area contributed by atoms with Crippen molar-refractivity contribution in [1.29, 1.82) is 0 Å². The first-order valence-corrected chi connectivity index (χ1v) is 22.7. The molecule has 2 fully saturated rings. The van der Waals surface area contributed by atoms with E-state index >= 15 is 0 Å². The number of halogens is 3. The second-order valence-corrected chi connectivity index (χ2v) is 19.3. The Balaban J connectivity index is 0.987. The molecule has 0 radical (unpaired) electrons. The summed E-state index contributed by atoms with van der Waals surface area (Å²) in [5.41, 5.74) is 7.94. The quantitative estimate of drug-likeness (QED) is 0.106. The number of hydrogen-bond acceptors (Lipinski definition) is 9. The van der Waals surface area contributed by atoms with Crippen LogP contribution in [0.5, 0.6) is 11.5 Å². The number of benzene rings is 4. The maximum atomic E-state index is 14.0. The first-order chi connectivity index (χ1) is 29.2. The van der Waals surface area contributed by atoms with Crippen molar-refractivity contribution in [3.05, 3.63) is 112 Å². The van der Waals surface area contributed by atoms with Gasteiger partial charge in [-0.25, -0.2) is 26.9 Å². The average molecular weight is 872 g/mol. The van der Waals surface area contributed by atoms with Crippen molar-refractivity contribution >= 4 is 55.5 Å². The molecule has 3 heterocycles. The van der Waals surface area contributed by atoms with Crippen LogP contribution in [0, 0.1) is 12.3 Å². The van der Waals surface area contributed by atoms with Crippen molar-refractivity contribution in [2.45, 2.75) is 63.8 Å². The van der Waals surface area contributed by atoms with Crippen LogP contribution in [0.1, 0.15) is 61.0 Å². The zero-order valence-electron chi connectivity index (χ0n) is 34.7. The summed E-state index contributed by atoms with van der Waals surface area (Å²) >= 11 is 6.24. The maximum Gasteiger partial charge on any atom is 0.268 e. The van der Waals surface area contributed by atoms with E-state index in [-0.39, 0.29) is 34.2 Å². The molecule has 61 heavy (non-hydrogen) atoms. The lowest BCUT2D eigenvalue weighted by atomic mass is 9.72. The van der Waals surface area contributed by atoms with E-state index in [4.69, 9.17) is 16.3 Å². The number of aryl methyl sites for hydroxylation is 1. The molecule has 8 rings (SSSR count). The molecule has 15 heteroatoms. The minimum absolute atomic E-state index is 0.0433.